The topological polar surface area (TPSA) is 84.6 Å². The molecule has 132 valence electrons. The van der Waals surface area contributed by atoms with E-state index in [9.17, 15) is 14.3 Å². The van der Waals surface area contributed by atoms with Gasteiger partial charge in [0, 0.05) is 11.6 Å². The molecular weight excluding hydrogens is 323 g/mol. The van der Waals surface area contributed by atoms with E-state index in [-0.39, 0.29) is 25.1 Å². The van der Waals surface area contributed by atoms with Crippen LogP contribution in [-0.2, 0) is 11.4 Å². The van der Waals surface area contributed by atoms with Crippen LogP contribution in [0.4, 0.5) is 4.39 Å². The summed E-state index contributed by atoms with van der Waals surface area (Å²) in [7, 11) is 0. The summed E-state index contributed by atoms with van der Waals surface area (Å²) in [4.78, 5) is 11.6. The predicted octanol–water partition coefficient (Wildman–Crippen LogP) is 2.05. The maximum atomic E-state index is 13.6. The third-order valence-corrected chi connectivity index (χ3v) is 4.69. The molecule has 5 nitrogen and oxygen atoms in total. The molecule has 0 bridgehead atoms. The van der Waals surface area contributed by atoms with Gasteiger partial charge in [0.25, 0.3) is 0 Å². The first-order valence-electron chi connectivity index (χ1n) is 8.19. The quantitative estimate of drug-likeness (QED) is 0.749. The van der Waals surface area contributed by atoms with Gasteiger partial charge in [-0.15, -0.1) is 0 Å². The molecule has 0 aliphatic carbocycles. The van der Waals surface area contributed by atoms with Crippen LogP contribution in [0.2, 0.25) is 0 Å². The van der Waals surface area contributed by atoms with Gasteiger partial charge < -0.3 is 15.6 Å². The lowest BCUT2D eigenvalue weighted by molar-refractivity contribution is -0.125. The SMILES string of the molecule is NC(=O)[C@]1(CO)CC[C@H](c2ccc(OCc3ccccc3F)cc2)N1. The van der Waals surface area contributed by atoms with Gasteiger partial charge in [-0.25, -0.2) is 4.39 Å². The summed E-state index contributed by atoms with van der Waals surface area (Å²) in [6.07, 6.45) is 1.20. The van der Waals surface area contributed by atoms with Crippen molar-refractivity contribution in [2.45, 2.75) is 31.0 Å². The Labute approximate surface area is 145 Å². The highest BCUT2D eigenvalue weighted by Crippen LogP contribution is 2.33. The van der Waals surface area contributed by atoms with Crippen LogP contribution in [0.25, 0.3) is 0 Å². The normalized spacial score (nSPS) is 22.7. The number of halogens is 1. The van der Waals surface area contributed by atoms with Crippen LogP contribution in [-0.4, -0.2) is 23.2 Å². The fraction of sp³-hybridized carbons (Fsp3) is 0.316. The largest absolute Gasteiger partial charge is 0.489 e. The van der Waals surface area contributed by atoms with Crippen molar-refractivity contribution in [3.05, 3.63) is 65.5 Å². The second-order valence-corrected chi connectivity index (χ2v) is 6.29. The summed E-state index contributed by atoms with van der Waals surface area (Å²) >= 11 is 0. The molecule has 3 rings (SSSR count). The zero-order valence-electron chi connectivity index (χ0n) is 13.7. The molecule has 0 unspecified atom stereocenters. The molecule has 2 atom stereocenters. The number of hydrogen-bond acceptors (Lipinski definition) is 4. The number of nitrogens with one attached hydrogen (secondary N) is 1. The highest BCUT2D eigenvalue weighted by molar-refractivity contribution is 5.85. The van der Waals surface area contributed by atoms with Crippen molar-refractivity contribution in [1.29, 1.82) is 0 Å². The Hall–Kier alpha value is -2.44. The molecule has 2 aromatic rings. The molecule has 1 aliphatic heterocycles. The van der Waals surface area contributed by atoms with E-state index in [0.29, 0.717) is 24.2 Å². The molecule has 25 heavy (non-hydrogen) atoms. The highest BCUT2D eigenvalue weighted by Gasteiger charge is 2.43. The van der Waals surface area contributed by atoms with Crippen molar-refractivity contribution in [3.63, 3.8) is 0 Å². The number of carbonyl (C=O) groups is 1. The van der Waals surface area contributed by atoms with E-state index in [1.165, 1.54) is 6.07 Å². The monoisotopic (exact) mass is 344 g/mol. The molecule has 0 aromatic heterocycles. The number of hydrogen-bond donors (Lipinski definition) is 3. The van der Waals surface area contributed by atoms with Gasteiger partial charge in [-0.05, 0) is 36.6 Å². The number of carbonyl (C=O) groups excluding carboxylic acids is 1. The molecule has 1 fully saturated rings. The second-order valence-electron chi connectivity index (χ2n) is 6.29. The summed E-state index contributed by atoms with van der Waals surface area (Å²) in [5.74, 6) is -0.197. The van der Waals surface area contributed by atoms with Crippen molar-refractivity contribution in [2.24, 2.45) is 5.73 Å². The van der Waals surface area contributed by atoms with Gasteiger partial charge in [0.2, 0.25) is 5.91 Å². The van der Waals surface area contributed by atoms with Crippen molar-refractivity contribution < 1.29 is 19.0 Å². The van der Waals surface area contributed by atoms with E-state index in [4.69, 9.17) is 10.5 Å². The van der Waals surface area contributed by atoms with E-state index in [0.717, 1.165) is 5.56 Å². The number of nitrogens with two attached hydrogens (primary N) is 1. The smallest absolute Gasteiger partial charge is 0.240 e. The number of ether oxygens (including phenoxy) is 1. The lowest BCUT2D eigenvalue weighted by atomic mass is 9.98. The van der Waals surface area contributed by atoms with Gasteiger partial charge in [-0.1, -0.05) is 30.3 Å². The van der Waals surface area contributed by atoms with Crippen molar-refractivity contribution in [3.8, 4) is 5.75 Å². The van der Waals surface area contributed by atoms with Gasteiger partial charge >= 0.3 is 0 Å². The third kappa shape index (κ3) is 3.65. The van der Waals surface area contributed by atoms with E-state index in [1.807, 2.05) is 12.1 Å². The first-order valence-corrected chi connectivity index (χ1v) is 8.19. The van der Waals surface area contributed by atoms with Gasteiger partial charge in [0.15, 0.2) is 0 Å². The standard InChI is InChI=1S/C19H21FN2O3/c20-16-4-2-1-3-14(16)11-25-15-7-5-13(6-8-15)17-9-10-19(12-23,22-17)18(21)24/h1-8,17,22-23H,9-12H2,(H2,21,24)/t17-,19-/m1/s1. The van der Waals surface area contributed by atoms with E-state index in [2.05, 4.69) is 5.32 Å². The van der Waals surface area contributed by atoms with Crippen LogP contribution in [0.5, 0.6) is 5.75 Å². The zero-order valence-corrected chi connectivity index (χ0v) is 13.7. The molecule has 1 aliphatic rings. The average Bonchev–Trinajstić information content (AvgIpc) is 3.08. The second kappa shape index (κ2) is 7.21. The van der Waals surface area contributed by atoms with E-state index >= 15 is 0 Å². The fourth-order valence-electron chi connectivity index (χ4n) is 3.09. The molecule has 1 saturated heterocycles. The van der Waals surface area contributed by atoms with Crippen LogP contribution >= 0.6 is 0 Å². The molecule has 0 radical (unpaired) electrons. The number of rotatable bonds is 6. The van der Waals surface area contributed by atoms with E-state index < -0.39 is 11.4 Å². The summed E-state index contributed by atoms with van der Waals surface area (Å²) in [6, 6.07) is 13.8. The molecule has 2 aromatic carbocycles. The molecule has 0 spiro atoms. The Morgan fingerprint density at radius 3 is 2.60 bits per heavy atom. The number of amides is 1. The van der Waals surface area contributed by atoms with Gasteiger partial charge in [0.1, 0.15) is 23.7 Å². The van der Waals surface area contributed by atoms with Crippen LogP contribution in [0.1, 0.15) is 30.0 Å². The highest BCUT2D eigenvalue weighted by atomic mass is 19.1. The fourth-order valence-corrected chi connectivity index (χ4v) is 3.09. The molecule has 1 amide bonds. The number of aliphatic hydroxyl groups excluding tert-OH is 1. The van der Waals surface area contributed by atoms with Crippen molar-refractivity contribution in [2.75, 3.05) is 6.61 Å². The van der Waals surface area contributed by atoms with E-state index in [1.54, 1.807) is 30.3 Å². The Morgan fingerprint density at radius 2 is 2.00 bits per heavy atom. The molecule has 6 heteroatoms. The number of aliphatic hydroxyl groups is 1. The van der Waals surface area contributed by atoms with Crippen LogP contribution in [0.3, 0.4) is 0 Å². The molecule has 0 saturated carbocycles. The first-order chi connectivity index (χ1) is 12.0. The Bertz CT molecular complexity index is 751. The summed E-state index contributed by atoms with van der Waals surface area (Å²) in [5.41, 5.74) is 5.83. The minimum atomic E-state index is -1.05. The van der Waals surface area contributed by atoms with Gasteiger partial charge in [0.05, 0.1) is 6.61 Å². The van der Waals surface area contributed by atoms with Crippen LogP contribution in [0, 0.1) is 5.82 Å². The summed E-state index contributed by atoms with van der Waals surface area (Å²) in [5, 5.41) is 12.6. The summed E-state index contributed by atoms with van der Waals surface area (Å²) in [6.45, 7) is -0.161. The van der Waals surface area contributed by atoms with Gasteiger partial charge in [-0.2, -0.15) is 0 Å². The third-order valence-electron chi connectivity index (χ3n) is 4.69. The van der Waals surface area contributed by atoms with Crippen molar-refractivity contribution >= 4 is 5.91 Å². The van der Waals surface area contributed by atoms with Crippen LogP contribution in [0.15, 0.2) is 48.5 Å². The maximum absolute atomic E-state index is 13.6. The molecule has 1 heterocycles. The average molecular weight is 344 g/mol. The number of benzene rings is 2. The Balaban J connectivity index is 1.63. The first kappa shape index (κ1) is 17.4. The molecule has 4 N–H and O–H groups in total. The lowest BCUT2D eigenvalue weighted by Gasteiger charge is -2.24. The molecular formula is C19H21FN2O3. The summed E-state index contributed by atoms with van der Waals surface area (Å²) < 4.78 is 19.2. The minimum absolute atomic E-state index is 0.0553. The Kier molecular flexibility index (Phi) is 5.01. The zero-order chi connectivity index (χ0) is 17.9. The van der Waals surface area contributed by atoms with Crippen molar-refractivity contribution in [1.82, 2.24) is 5.32 Å². The maximum Gasteiger partial charge on any atom is 0.240 e. The lowest BCUT2D eigenvalue weighted by Crippen LogP contribution is -2.54. The van der Waals surface area contributed by atoms with Gasteiger partial charge in [-0.3, -0.25) is 10.1 Å². The van der Waals surface area contributed by atoms with Crippen LogP contribution < -0.4 is 15.8 Å². The predicted molar refractivity (Wildman–Crippen MR) is 91.3 cm³/mol. The minimum Gasteiger partial charge on any atom is -0.489 e. The number of primary amides is 1. The Morgan fingerprint density at radius 1 is 1.28 bits per heavy atom.